The maximum absolute atomic E-state index is 5.92. The van der Waals surface area contributed by atoms with Gasteiger partial charge in [-0.1, -0.05) is 25.5 Å². The van der Waals surface area contributed by atoms with Gasteiger partial charge in [0.05, 0.1) is 5.69 Å². The van der Waals surface area contributed by atoms with E-state index in [2.05, 4.69) is 24.2 Å². The number of ether oxygens (including phenoxy) is 1. The molecule has 1 aromatic carbocycles. The highest BCUT2D eigenvalue weighted by atomic mass is 16.5. The molecular weight excluding hydrogens is 226 g/mol. The predicted octanol–water partition coefficient (Wildman–Crippen LogP) is 3.06. The van der Waals surface area contributed by atoms with Crippen LogP contribution < -0.4 is 10.5 Å². The van der Waals surface area contributed by atoms with Crippen molar-refractivity contribution in [1.29, 1.82) is 0 Å². The third kappa shape index (κ3) is 2.47. The molecule has 0 amide bonds. The number of aromatic nitrogens is 2. The van der Waals surface area contributed by atoms with Crippen LogP contribution in [0.15, 0.2) is 24.3 Å². The Kier molecular flexibility index (Phi) is 3.55. The Bertz CT molecular complexity index is 529. The zero-order valence-electron chi connectivity index (χ0n) is 11.1. The summed E-state index contributed by atoms with van der Waals surface area (Å²) in [5, 5.41) is 4.22. The van der Waals surface area contributed by atoms with Crippen LogP contribution in [0.3, 0.4) is 0 Å². The summed E-state index contributed by atoms with van der Waals surface area (Å²) >= 11 is 0. The van der Waals surface area contributed by atoms with Gasteiger partial charge in [-0.05, 0) is 31.0 Å². The maximum Gasteiger partial charge on any atom is 0.241 e. The second-order valence-electron chi connectivity index (χ2n) is 4.42. The number of anilines is 1. The lowest BCUT2D eigenvalue weighted by Gasteiger charge is -2.07. The molecule has 18 heavy (non-hydrogen) atoms. The van der Waals surface area contributed by atoms with Gasteiger partial charge in [-0.25, -0.2) is 4.68 Å². The van der Waals surface area contributed by atoms with E-state index < -0.39 is 0 Å². The molecule has 2 aromatic rings. The molecule has 4 nitrogen and oxygen atoms in total. The summed E-state index contributed by atoms with van der Waals surface area (Å²) in [4.78, 5) is 0. The molecule has 0 unspecified atom stereocenters. The van der Waals surface area contributed by atoms with Crippen molar-refractivity contribution in [3.8, 4) is 11.6 Å². The molecule has 0 aliphatic heterocycles. The van der Waals surface area contributed by atoms with Crippen molar-refractivity contribution in [3.63, 3.8) is 0 Å². The Hall–Kier alpha value is -1.97. The van der Waals surface area contributed by atoms with Crippen molar-refractivity contribution in [2.24, 2.45) is 7.05 Å². The fourth-order valence-corrected chi connectivity index (χ4v) is 1.90. The highest BCUT2D eigenvalue weighted by molar-refractivity contribution is 5.53. The van der Waals surface area contributed by atoms with Crippen LogP contribution in [0.2, 0.25) is 0 Å². The highest BCUT2D eigenvalue weighted by Gasteiger charge is 2.11. The van der Waals surface area contributed by atoms with Crippen LogP contribution in [-0.4, -0.2) is 9.78 Å². The van der Waals surface area contributed by atoms with Crippen LogP contribution in [0.4, 0.5) is 5.69 Å². The quantitative estimate of drug-likeness (QED) is 0.900. The molecule has 1 aromatic heterocycles. The van der Waals surface area contributed by atoms with E-state index in [0.29, 0.717) is 11.6 Å². The zero-order valence-corrected chi connectivity index (χ0v) is 11.1. The van der Waals surface area contributed by atoms with Crippen molar-refractivity contribution in [1.82, 2.24) is 9.78 Å². The summed E-state index contributed by atoms with van der Waals surface area (Å²) in [6, 6.07) is 8.09. The van der Waals surface area contributed by atoms with Gasteiger partial charge in [0, 0.05) is 7.05 Å². The zero-order chi connectivity index (χ0) is 13.1. The van der Waals surface area contributed by atoms with E-state index in [-0.39, 0.29) is 0 Å². The van der Waals surface area contributed by atoms with E-state index in [1.165, 1.54) is 5.56 Å². The molecule has 0 aliphatic rings. The van der Waals surface area contributed by atoms with Gasteiger partial charge >= 0.3 is 0 Å². The standard InChI is InChI=1S/C14H19N3O/c1-4-5-11-6-8-12(9-7-11)18-14-13(15)10(2)16-17(14)3/h6-9H,4-5,15H2,1-3H3. The second kappa shape index (κ2) is 5.12. The van der Waals surface area contributed by atoms with E-state index in [9.17, 15) is 0 Å². The first kappa shape index (κ1) is 12.5. The van der Waals surface area contributed by atoms with Gasteiger partial charge in [0.2, 0.25) is 5.88 Å². The van der Waals surface area contributed by atoms with Gasteiger partial charge < -0.3 is 10.5 Å². The van der Waals surface area contributed by atoms with Gasteiger partial charge in [-0.15, -0.1) is 0 Å². The van der Waals surface area contributed by atoms with Crippen LogP contribution in [-0.2, 0) is 13.5 Å². The van der Waals surface area contributed by atoms with Crippen molar-refractivity contribution in [2.45, 2.75) is 26.7 Å². The number of rotatable bonds is 4. The predicted molar refractivity (Wildman–Crippen MR) is 72.9 cm³/mol. The minimum atomic E-state index is 0.593. The molecule has 0 atom stereocenters. The van der Waals surface area contributed by atoms with Crippen molar-refractivity contribution < 1.29 is 4.74 Å². The Balaban J connectivity index is 2.18. The summed E-state index contributed by atoms with van der Waals surface area (Å²) in [7, 11) is 1.82. The lowest BCUT2D eigenvalue weighted by Crippen LogP contribution is -1.97. The number of hydrogen-bond acceptors (Lipinski definition) is 3. The van der Waals surface area contributed by atoms with Crippen LogP contribution in [0.5, 0.6) is 11.6 Å². The molecule has 1 heterocycles. The van der Waals surface area contributed by atoms with E-state index in [1.807, 2.05) is 26.1 Å². The average Bonchev–Trinajstić information content (AvgIpc) is 2.59. The molecule has 4 heteroatoms. The molecule has 0 fully saturated rings. The van der Waals surface area contributed by atoms with Crippen LogP contribution >= 0.6 is 0 Å². The Morgan fingerprint density at radius 3 is 2.44 bits per heavy atom. The Labute approximate surface area is 107 Å². The van der Waals surface area contributed by atoms with E-state index in [1.54, 1.807) is 4.68 Å². The molecule has 0 spiro atoms. The summed E-state index contributed by atoms with van der Waals surface area (Å²) in [6.07, 6.45) is 2.24. The van der Waals surface area contributed by atoms with Gasteiger partial charge in [-0.2, -0.15) is 5.10 Å². The van der Waals surface area contributed by atoms with Crippen LogP contribution in [0, 0.1) is 6.92 Å². The van der Waals surface area contributed by atoms with Gasteiger partial charge in [-0.3, -0.25) is 0 Å². The average molecular weight is 245 g/mol. The van der Waals surface area contributed by atoms with Crippen molar-refractivity contribution >= 4 is 5.69 Å². The molecule has 2 rings (SSSR count). The summed E-state index contributed by atoms with van der Waals surface area (Å²) in [5.74, 6) is 1.38. The normalized spacial score (nSPS) is 10.6. The van der Waals surface area contributed by atoms with Gasteiger partial charge in [0.1, 0.15) is 11.4 Å². The molecule has 0 saturated carbocycles. The number of nitrogens with zero attached hydrogens (tertiary/aromatic N) is 2. The van der Waals surface area contributed by atoms with E-state index >= 15 is 0 Å². The molecular formula is C14H19N3O. The number of nitrogen functional groups attached to an aromatic ring is 1. The first-order valence-electron chi connectivity index (χ1n) is 6.17. The molecule has 0 aliphatic carbocycles. The third-order valence-corrected chi connectivity index (χ3v) is 2.89. The van der Waals surface area contributed by atoms with Gasteiger partial charge in [0.25, 0.3) is 0 Å². The lowest BCUT2D eigenvalue weighted by atomic mass is 10.1. The van der Waals surface area contributed by atoms with E-state index in [0.717, 1.165) is 24.3 Å². The molecule has 0 bridgehead atoms. The fourth-order valence-electron chi connectivity index (χ4n) is 1.90. The monoisotopic (exact) mass is 245 g/mol. The van der Waals surface area contributed by atoms with Gasteiger partial charge in [0.15, 0.2) is 0 Å². The second-order valence-corrected chi connectivity index (χ2v) is 4.42. The largest absolute Gasteiger partial charge is 0.437 e. The van der Waals surface area contributed by atoms with E-state index in [4.69, 9.17) is 10.5 Å². The summed E-state index contributed by atoms with van der Waals surface area (Å²) in [6.45, 7) is 4.04. The molecule has 2 N–H and O–H groups in total. The third-order valence-electron chi connectivity index (χ3n) is 2.89. The topological polar surface area (TPSA) is 53.1 Å². The molecule has 0 saturated heterocycles. The number of aryl methyl sites for hydroxylation is 3. The first-order chi connectivity index (χ1) is 8.61. The smallest absolute Gasteiger partial charge is 0.241 e. The molecule has 96 valence electrons. The minimum Gasteiger partial charge on any atom is -0.437 e. The Morgan fingerprint density at radius 1 is 1.28 bits per heavy atom. The SMILES string of the molecule is CCCc1ccc(Oc2c(N)c(C)nn2C)cc1. The van der Waals surface area contributed by atoms with Crippen LogP contribution in [0.25, 0.3) is 0 Å². The number of hydrogen-bond donors (Lipinski definition) is 1. The minimum absolute atomic E-state index is 0.593. The maximum atomic E-state index is 5.92. The summed E-state index contributed by atoms with van der Waals surface area (Å²) in [5.41, 5.74) is 8.62. The van der Waals surface area contributed by atoms with Crippen molar-refractivity contribution in [2.75, 3.05) is 5.73 Å². The molecule has 0 radical (unpaired) electrons. The fraction of sp³-hybridized carbons (Fsp3) is 0.357. The number of nitrogens with two attached hydrogens (primary N) is 1. The first-order valence-corrected chi connectivity index (χ1v) is 6.17. The van der Waals surface area contributed by atoms with Crippen LogP contribution in [0.1, 0.15) is 24.6 Å². The lowest BCUT2D eigenvalue weighted by molar-refractivity contribution is 0.432. The Morgan fingerprint density at radius 2 is 1.94 bits per heavy atom. The summed E-state index contributed by atoms with van der Waals surface area (Å²) < 4.78 is 7.43. The number of benzene rings is 1. The van der Waals surface area contributed by atoms with Crippen molar-refractivity contribution in [3.05, 3.63) is 35.5 Å². The highest BCUT2D eigenvalue weighted by Crippen LogP contribution is 2.29.